The molecule has 124 valence electrons. The molecule has 0 saturated carbocycles. The maximum Gasteiger partial charge on any atom is 0.265 e. The first-order chi connectivity index (χ1) is 11.6. The lowest BCUT2D eigenvalue weighted by Crippen LogP contribution is -2.38. The number of nitrogens with one attached hydrogen (secondary N) is 1. The molecule has 0 aliphatic carbocycles. The van der Waals surface area contributed by atoms with Crippen molar-refractivity contribution in [2.45, 2.75) is 6.92 Å². The first kappa shape index (κ1) is 15.9. The number of carbonyl (C=O) groups is 2. The molecule has 0 aromatic heterocycles. The summed E-state index contributed by atoms with van der Waals surface area (Å²) >= 11 is 0. The van der Waals surface area contributed by atoms with E-state index in [1.807, 2.05) is 6.92 Å². The van der Waals surface area contributed by atoms with E-state index in [1.165, 1.54) is 0 Å². The molecule has 1 heterocycles. The first-order valence-corrected chi connectivity index (χ1v) is 7.65. The largest absolute Gasteiger partial charge is 0.497 e. The number of likely N-dealkylation sites (N-methyl/N-ethyl adjacent to an activating group) is 1. The molecule has 0 saturated heterocycles. The predicted molar refractivity (Wildman–Crippen MR) is 90.9 cm³/mol. The highest BCUT2D eigenvalue weighted by Crippen LogP contribution is 2.34. The van der Waals surface area contributed by atoms with E-state index in [-0.39, 0.29) is 18.4 Å². The molecule has 0 unspecified atom stereocenters. The van der Waals surface area contributed by atoms with Crippen LogP contribution in [0.4, 0.5) is 11.4 Å². The molecule has 0 radical (unpaired) electrons. The van der Waals surface area contributed by atoms with Crippen molar-refractivity contribution < 1.29 is 19.1 Å². The Morgan fingerprint density at radius 1 is 1.25 bits per heavy atom. The van der Waals surface area contributed by atoms with Gasteiger partial charge in [-0.15, -0.1) is 0 Å². The average Bonchev–Trinajstić information content (AvgIpc) is 2.62. The zero-order valence-corrected chi connectivity index (χ0v) is 13.5. The minimum Gasteiger partial charge on any atom is -0.497 e. The lowest BCUT2D eigenvalue weighted by molar-refractivity contribution is -0.121. The summed E-state index contributed by atoms with van der Waals surface area (Å²) in [6.45, 7) is 2.50. The maximum absolute atomic E-state index is 12.3. The molecular formula is C18H18N2O4. The highest BCUT2D eigenvalue weighted by atomic mass is 16.5. The number of fused-ring (bicyclic) bond motifs is 1. The van der Waals surface area contributed by atoms with Gasteiger partial charge in [0.1, 0.15) is 11.5 Å². The fourth-order valence-corrected chi connectivity index (χ4v) is 2.57. The molecule has 6 nitrogen and oxygen atoms in total. The van der Waals surface area contributed by atoms with E-state index in [1.54, 1.807) is 54.5 Å². The zero-order valence-electron chi connectivity index (χ0n) is 13.5. The second kappa shape index (κ2) is 6.62. The molecule has 2 aromatic carbocycles. The molecule has 3 rings (SSSR count). The second-order valence-corrected chi connectivity index (χ2v) is 5.29. The van der Waals surface area contributed by atoms with Crippen LogP contribution < -0.4 is 19.7 Å². The van der Waals surface area contributed by atoms with Crippen LogP contribution in [0.25, 0.3) is 0 Å². The molecule has 1 aliphatic heterocycles. The van der Waals surface area contributed by atoms with Gasteiger partial charge in [-0.05, 0) is 43.3 Å². The fraction of sp³-hybridized carbons (Fsp3) is 0.222. The topological polar surface area (TPSA) is 67.9 Å². The van der Waals surface area contributed by atoms with Crippen LogP contribution in [0.1, 0.15) is 17.3 Å². The molecular weight excluding hydrogens is 308 g/mol. The lowest BCUT2D eigenvalue weighted by Gasteiger charge is -2.28. The Bertz CT molecular complexity index is 771. The molecule has 0 bridgehead atoms. The van der Waals surface area contributed by atoms with Gasteiger partial charge in [-0.1, -0.05) is 0 Å². The first-order valence-electron chi connectivity index (χ1n) is 7.65. The average molecular weight is 326 g/mol. The van der Waals surface area contributed by atoms with Gasteiger partial charge in [-0.3, -0.25) is 9.59 Å². The highest BCUT2D eigenvalue weighted by Gasteiger charge is 2.24. The number of carbonyl (C=O) groups excluding carboxylic acids is 2. The molecule has 24 heavy (non-hydrogen) atoms. The number of hydrogen-bond donors (Lipinski definition) is 1. The lowest BCUT2D eigenvalue weighted by atomic mass is 10.1. The minimum absolute atomic E-state index is 0.0106. The number of ether oxygens (including phenoxy) is 2. The number of amides is 2. The van der Waals surface area contributed by atoms with Crippen LogP contribution in [-0.4, -0.2) is 32.1 Å². The van der Waals surface area contributed by atoms with E-state index in [0.717, 1.165) is 5.69 Å². The highest BCUT2D eigenvalue weighted by molar-refractivity contribution is 6.05. The van der Waals surface area contributed by atoms with Crippen molar-refractivity contribution in [3.63, 3.8) is 0 Å². The minimum atomic E-state index is -0.225. The normalized spacial score (nSPS) is 13.1. The van der Waals surface area contributed by atoms with Gasteiger partial charge in [0.15, 0.2) is 6.61 Å². The molecule has 2 aromatic rings. The smallest absolute Gasteiger partial charge is 0.265 e. The van der Waals surface area contributed by atoms with E-state index in [9.17, 15) is 9.59 Å². The molecule has 1 N–H and O–H groups in total. The summed E-state index contributed by atoms with van der Waals surface area (Å²) in [6.07, 6.45) is 0. The van der Waals surface area contributed by atoms with Gasteiger partial charge in [0, 0.05) is 23.9 Å². The van der Waals surface area contributed by atoms with Crippen LogP contribution >= 0.6 is 0 Å². The van der Waals surface area contributed by atoms with Crippen LogP contribution in [0.15, 0.2) is 42.5 Å². The number of nitrogens with zero attached hydrogens (tertiary/aromatic N) is 1. The zero-order chi connectivity index (χ0) is 17.1. The molecule has 0 spiro atoms. The van der Waals surface area contributed by atoms with E-state index in [2.05, 4.69) is 5.32 Å². The Balaban J connectivity index is 1.78. The molecule has 2 amide bonds. The van der Waals surface area contributed by atoms with Crippen LogP contribution in [0, 0.1) is 0 Å². The van der Waals surface area contributed by atoms with Gasteiger partial charge in [0.25, 0.3) is 11.8 Å². The summed E-state index contributed by atoms with van der Waals surface area (Å²) in [5, 5.41) is 2.83. The quantitative estimate of drug-likeness (QED) is 0.938. The van der Waals surface area contributed by atoms with Crippen LogP contribution in [-0.2, 0) is 4.79 Å². The third kappa shape index (κ3) is 3.03. The molecule has 0 atom stereocenters. The van der Waals surface area contributed by atoms with Gasteiger partial charge in [-0.2, -0.15) is 0 Å². The Labute approximate surface area is 140 Å². The summed E-state index contributed by atoms with van der Waals surface area (Å²) in [7, 11) is 1.58. The van der Waals surface area contributed by atoms with Crippen LogP contribution in [0.3, 0.4) is 0 Å². The van der Waals surface area contributed by atoms with E-state index in [0.29, 0.717) is 29.3 Å². The Kier molecular flexibility index (Phi) is 4.37. The van der Waals surface area contributed by atoms with Gasteiger partial charge < -0.3 is 19.7 Å². The number of methoxy groups -OCH3 is 1. The summed E-state index contributed by atoms with van der Waals surface area (Å²) < 4.78 is 10.5. The Morgan fingerprint density at radius 2 is 2.00 bits per heavy atom. The molecule has 6 heteroatoms. The van der Waals surface area contributed by atoms with Crippen molar-refractivity contribution in [1.82, 2.24) is 0 Å². The SMILES string of the molecule is CCN1C(=O)COc2cc(NC(=O)c3ccc(OC)cc3)ccc21. The standard InChI is InChI=1S/C18H18N2O4/c1-3-20-15-9-6-13(10-16(15)24-11-17(20)21)19-18(22)12-4-7-14(23-2)8-5-12/h4-10H,3,11H2,1-2H3,(H,19,22). The number of anilines is 2. The maximum atomic E-state index is 12.3. The van der Waals surface area contributed by atoms with Crippen LogP contribution in [0.2, 0.25) is 0 Å². The predicted octanol–water partition coefficient (Wildman–Crippen LogP) is 2.69. The molecule has 1 aliphatic rings. The summed E-state index contributed by atoms with van der Waals surface area (Å²) in [5.41, 5.74) is 1.86. The van der Waals surface area contributed by atoms with Crippen molar-refractivity contribution in [1.29, 1.82) is 0 Å². The van der Waals surface area contributed by atoms with Crippen LogP contribution in [0.5, 0.6) is 11.5 Å². The number of hydrogen-bond acceptors (Lipinski definition) is 4. The van der Waals surface area contributed by atoms with Crippen molar-refractivity contribution in [3.8, 4) is 11.5 Å². The Hall–Kier alpha value is -3.02. The van der Waals surface area contributed by atoms with Gasteiger partial charge in [0.2, 0.25) is 0 Å². The van der Waals surface area contributed by atoms with E-state index >= 15 is 0 Å². The fourth-order valence-electron chi connectivity index (χ4n) is 2.57. The van der Waals surface area contributed by atoms with E-state index < -0.39 is 0 Å². The number of rotatable bonds is 4. The van der Waals surface area contributed by atoms with Crippen molar-refractivity contribution in [3.05, 3.63) is 48.0 Å². The third-order valence-electron chi connectivity index (χ3n) is 3.83. The Morgan fingerprint density at radius 3 is 2.67 bits per heavy atom. The monoisotopic (exact) mass is 326 g/mol. The van der Waals surface area contributed by atoms with Crippen molar-refractivity contribution in [2.24, 2.45) is 0 Å². The summed E-state index contributed by atoms with van der Waals surface area (Å²) in [5.74, 6) is 0.985. The van der Waals surface area contributed by atoms with Gasteiger partial charge in [0.05, 0.1) is 12.8 Å². The van der Waals surface area contributed by atoms with Crippen molar-refractivity contribution >= 4 is 23.2 Å². The van der Waals surface area contributed by atoms with Crippen molar-refractivity contribution in [2.75, 3.05) is 30.5 Å². The number of benzene rings is 2. The molecule has 0 fully saturated rings. The second-order valence-electron chi connectivity index (χ2n) is 5.29. The van der Waals surface area contributed by atoms with E-state index in [4.69, 9.17) is 9.47 Å². The third-order valence-corrected chi connectivity index (χ3v) is 3.83. The van der Waals surface area contributed by atoms with Gasteiger partial charge >= 0.3 is 0 Å². The van der Waals surface area contributed by atoms with Gasteiger partial charge in [-0.25, -0.2) is 0 Å². The summed E-state index contributed by atoms with van der Waals surface area (Å²) in [6, 6.07) is 12.1. The summed E-state index contributed by atoms with van der Waals surface area (Å²) in [4.78, 5) is 25.8.